The molecule has 0 aliphatic rings. The third kappa shape index (κ3) is 7.23. The number of unbranched alkanes of at least 4 members (excludes halogenated alkanes) is 2. The maximum Gasteiger partial charge on any atom is 0.309 e. The number of hydrogen-bond donors (Lipinski definition) is 2. The highest BCUT2D eigenvalue weighted by Gasteiger charge is 2.20. The van der Waals surface area contributed by atoms with Crippen LogP contribution in [0.2, 0.25) is 0 Å². The third-order valence-electron chi connectivity index (χ3n) is 2.29. The van der Waals surface area contributed by atoms with Gasteiger partial charge in [-0.2, -0.15) is 0 Å². The van der Waals surface area contributed by atoms with Gasteiger partial charge in [0.25, 0.3) is 0 Å². The van der Waals surface area contributed by atoms with E-state index in [9.17, 15) is 9.59 Å². The Labute approximate surface area is 95.4 Å². The van der Waals surface area contributed by atoms with E-state index in [2.05, 4.69) is 0 Å². The van der Waals surface area contributed by atoms with Crippen LogP contribution in [0, 0.1) is 5.92 Å². The van der Waals surface area contributed by atoms with Gasteiger partial charge < -0.3 is 14.9 Å². The van der Waals surface area contributed by atoms with Crippen molar-refractivity contribution in [1.82, 2.24) is 0 Å². The van der Waals surface area contributed by atoms with E-state index in [4.69, 9.17) is 14.9 Å². The highest BCUT2D eigenvalue weighted by molar-refractivity contribution is 5.78. The minimum Gasteiger partial charge on any atom is -0.481 e. The zero-order valence-corrected chi connectivity index (χ0v) is 9.65. The summed E-state index contributed by atoms with van der Waals surface area (Å²) in [6.07, 6.45) is 2.51. The smallest absolute Gasteiger partial charge is 0.309 e. The Morgan fingerprint density at radius 1 is 1.25 bits per heavy atom. The van der Waals surface area contributed by atoms with Crippen molar-refractivity contribution in [2.24, 2.45) is 5.92 Å². The summed E-state index contributed by atoms with van der Waals surface area (Å²) in [6, 6.07) is 0. The molecule has 94 valence electrons. The Kier molecular flexibility index (Phi) is 8.52. The van der Waals surface area contributed by atoms with E-state index in [-0.39, 0.29) is 13.0 Å². The second-order valence-electron chi connectivity index (χ2n) is 3.65. The van der Waals surface area contributed by atoms with Gasteiger partial charge in [-0.3, -0.25) is 9.59 Å². The van der Waals surface area contributed by atoms with Crippen LogP contribution >= 0.6 is 0 Å². The summed E-state index contributed by atoms with van der Waals surface area (Å²) >= 11 is 0. The number of carboxylic acid groups (broad SMARTS) is 1. The fourth-order valence-corrected chi connectivity index (χ4v) is 1.29. The molecule has 1 unspecified atom stereocenters. The maximum atomic E-state index is 11.4. The maximum absolute atomic E-state index is 11.4. The molecule has 5 nitrogen and oxygen atoms in total. The number of aliphatic hydroxyl groups excluding tert-OH is 1. The Balaban J connectivity index is 3.71. The SMILES string of the molecule is CCC(CC(=O)O)C(=O)OCCCCCO. The predicted octanol–water partition coefficient (Wildman–Crippen LogP) is 1.19. The monoisotopic (exact) mass is 232 g/mol. The van der Waals surface area contributed by atoms with Crippen molar-refractivity contribution in [3.05, 3.63) is 0 Å². The van der Waals surface area contributed by atoms with Gasteiger partial charge in [-0.1, -0.05) is 6.92 Å². The topological polar surface area (TPSA) is 83.8 Å². The van der Waals surface area contributed by atoms with Crippen LogP contribution in [0.4, 0.5) is 0 Å². The third-order valence-corrected chi connectivity index (χ3v) is 2.29. The van der Waals surface area contributed by atoms with Crippen LogP contribution in [0.25, 0.3) is 0 Å². The summed E-state index contributed by atoms with van der Waals surface area (Å²) in [7, 11) is 0. The Morgan fingerprint density at radius 2 is 1.94 bits per heavy atom. The number of ether oxygens (including phenoxy) is 1. The molecule has 2 N–H and O–H groups in total. The lowest BCUT2D eigenvalue weighted by molar-refractivity contribution is -0.153. The van der Waals surface area contributed by atoms with E-state index in [0.717, 1.165) is 6.42 Å². The molecule has 16 heavy (non-hydrogen) atoms. The predicted molar refractivity (Wildman–Crippen MR) is 57.9 cm³/mol. The molecule has 0 radical (unpaired) electrons. The number of aliphatic carboxylic acids is 1. The second kappa shape index (κ2) is 9.15. The second-order valence-corrected chi connectivity index (χ2v) is 3.65. The van der Waals surface area contributed by atoms with Crippen LogP contribution in [0.15, 0.2) is 0 Å². The lowest BCUT2D eigenvalue weighted by atomic mass is 10.0. The summed E-state index contributed by atoms with van der Waals surface area (Å²) in [5, 5.41) is 17.1. The summed E-state index contributed by atoms with van der Waals surface area (Å²) in [5.41, 5.74) is 0. The molecule has 0 saturated carbocycles. The molecule has 0 saturated heterocycles. The standard InChI is InChI=1S/C11H20O5/c1-2-9(8-10(13)14)11(15)16-7-5-3-4-6-12/h9,12H,2-8H2,1H3,(H,13,14). The molecule has 0 aliphatic heterocycles. The van der Waals surface area contributed by atoms with Crippen LogP contribution in [0.3, 0.4) is 0 Å². The van der Waals surface area contributed by atoms with E-state index < -0.39 is 17.9 Å². The number of esters is 1. The average Bonchev–Trinajstić information content (AvgIpc) is 2.25. The summed E-state index contributed by atoms with van der Waals surface area (Å²) < 4.78 is 4.96. The van der Waals surface area contributed by atoms with Gasteiger partial charge in [-0.25, -0.2) is 0 Å². The van der Waals surface area contributed by atoms with Gasteiger partial charge >= 0.3 is 11.9 Å². The molecule has 5 heteroatoms. The first-order valence-corrected chi connectivity index (χ1v) is 5.61. The molecule has 0 amide bonds. The Bertz CT molecular complexity index is 214. The fourth-order valence-electron chi connectivity index (χ4n) is 1.29. The van der Waals surface area contributed by atoms with E-state index in [1.807, 2.05) is 0 Å². The van der Waals surface area contributed by atoms with E-state index >= 15 is 0 Å². The van der Waals surface area contributed by atoms with Crippen molar-refractivity contribution in [3.8, 4) is 0 Å². The molecule has 0 fully saturated rings. The Morgan fingerprint density at radius 3 is 2.44 bits per heavy atom. The van der Waals surface area contributed by atoms with Crippen LogP contribution in [0.5, 0.6) is 0 Å². The van der Waals surface area contributed by atoms with Gasteiger partial charge in [0, 0.05) is 6.61 Å². The quantitative estimate of drug-likeness (QED) is 0.461. The molecule has 0 bridgehead atoms. The highest BCUT2D eigenvalue weighted by Crippen LogP contribution is 2.11. The van der Waals surface area contributed by atoms with Gasteiger partial charge in [0.2, 0.25) is 0 Å². The van der Waals surface area contributed by atoms with E-state index in [1.165, 1.54) is 0 Å². The fraction of sp³-hybridized carbons (Fsp3) is 0.818. The molecule has 0 aliphatic carbocycles. The summed E-state index contributed by atoms with van der Waals surface area (Å²) in [4.78, 5) is 21.9. The van der Waals surface area contributed by atoms with Gasteiger partial charge in [0.05, 0.1) is 18.9 Å². The molecule has 1 atom stereocenters. The molecule has 0 heterocycles. The lowest BCUT2D eigenvalue weighted by Crippen LogP contribution is -2.20. The van der Waals surface area contributed by atoms with Crippen molar-refractivity contribution < 1.29 is 24.5 Å². The molecule has 0 aromatic rings. The Hall–Kier alpha value is -1.10. The molecular weight excluding hydrogens is 212 g/mol. The lowest BCUT2D eigenvalue weighted by Gasteiger charge is -2.11. The molecular formula is C11H20O5. The molecule has 0 aromatic heterocycles. The van der Waals surface area contributed by atoms with Crippen LogP contribution < -0.4 is 0 Å². The average molecular weight is 232 g/mol. The highest BCUT2D eigenvalue weighted by atomic mass is 16.5. The summed E-state index contributed by atoms with van der Waals surface area (Å²) in [5.74, 6) is -1.96. The van der Waals surface area contributed by atoms with Gasteiger partial charge in [-0.15, -0.1) is 0 Å². The van der Waals surface area contributed by atoms with Crippen LogP contribution in [0.1, 0.15) is 39.0 Å². The number of hydrogen-bond acceptors (Lipinski definition) is 4. The van der Waals surface area contributed by atoms with Crippen molar-refractivity contribution >= 4 is 11.9 Å². The van der Waals surface area contributed by atoms with E-state index in [1.54, 1.807) is 6.92 Å². The number of carbonyl (C=O) groups is 2. The molecule has 0 spiro atoms. The van der Waals surface area contributed by atoms with Crippen LogP contribution in [-0.4, -0.2) is 35.4 Å². The van der Waals surface area contributed by atoms with Crippen molar-refractivity contribution in [1.29, 1.82) is 0 Å². The van der Waals surface area contributed by atoms with E-state index in [0.29, 0.717) is 25.9 Å². The zero-order chi connectivity index (χ0) is 12.4. The minimum absolute atomic E-state index is 0.143. The first kappa shape index (κ1) is 14.9. The van der Waals surface area contributed by atoms with Gasteiger partial charge in [0.15, 0.2) is 0 Å². The number of carbonyl (C=O) groups excluding carboxylic acids is 1. The van der Waals surface area contributed by atoms with Crippen LogP contribution in [-0.2, 0) is 14.3 Å². The molecule has 0 aromatic carbocycles. The first-order chi connectivity index (χ1) is 7.61. The number of carboxylic acids is 1. The zero-order valence-electron chi connectivity index (χ0n) is 9.65. The van der Waals surface area contributed by atoms with Crippen molar-refractivity contribution in [2.45, 2.75) is 39.0 Å². The summed E-state index contributed by atoms with van der Waals surface area (Å²) in [6.45, 7) is 2.21. The van der Waals surface area contributed by atoms with Crippen molar-refractivity contribution in [2.75, 3.05) is 13.2 Å². The normalized spacial score (nSPS) is 12.1. The minimum atomic E-state index is -0.982. The first-order valence-electron chi connectivity index (χ1n) is 5.61. The van der Waals surface area contributed by atoms with Gasteiger partial charge in [0.1, 0.15) is 0 Å². The number of rotatable bonds is 9. The molecule has 0 rings (SSSR count). The number of aliphatic hydroxyl groups is 1. The largest absolute Gasteiger partial charge is 0.481 e. The van der Waals surface area contributed by atoms with Gasteiger partial charge in [-0.05, 0) is 25.7 Å². The van der Waals surface area contributed by atoms with Crippen molar-refractivity contribution in [3.63, 3.8) is 0 Å².